The van der Waals surface area contributed by atoms with Crippen molar-refractivity contribution in [2.45, 2.75) is 50.3 Å². The first kappa shape index (κ1) is 25.0. The van der Waals surface area contributed by atoms with Gasteiger partial charge < -0.3 is 24.5 Å². The Hall–Kier alpha value is -4.23. The number of rotatable bonds is 12. The minimum Gasteiger partial charge on any atom is -0.384 e. The van der Waals surface area contributed by atoms with Crippen molar-refractivity contribution in [3.05, 3.63) is 135 Å². The van der Waals surface area contributed by atoms with Gasteiger partial charge in [0.25, 0.3) is 0 Å². The van der Waals surface area contributed by atoms with Crippen LogP contribution >= 0.6 is 11.8 Å². The Morgan fingerprint density at radius 1 is 1.06 bits per heavy atom. The van der Waals surface area contributed by atoms with Crippen LogP contribution in [0.5, 0.6) is 0 Å². The lowest BCUT2D eigenvalue weighted by Gasteiger charge is -2.40. The van der Waals surface area contributed by atoms with E-state index < -0.39 is 126 Å². The van der Waals surface area contributed by atoms with Gasteiger partial charge in [0.1, 0.15) is 12.6 Å². The molecule has 0 saturated carbocycles. The Balaban J connectivity index is 1.44. The summed E-state index contributed by atoms with van der Waals surface area (Å²) in [5, 5.41) is 10.9. The number of nitrogens with zero attached hydrogens (tertiary/aromatic N) is 3. The number of piperidine rings is 1. The molecule has 0 radical (unpaired) electrons. The average molecular weight is 765 g/mol. The standard InChI is InChI=1S/C41H42F5N3O3S/c1-27-6-15-36-34(22-27)37(50)23-39(53-26-31-4-3-5-35(42)40(31)43)49(36)25-38(51)48(33-16-18-47(19-17-33)20-21-52-2)24-28-7-9-29(10-8-28)30-11-13-32(14-12-30)41(44,45)46/h3-15,22-23,33,37,50H,16-21,24-26H2,1-2H3/i2D3,6D,15D,20D2,22D,23D,24D2,26D2. The third-order valence-electron chi connectivity index (χ3n) is 8.64. The molecule has 1 fully saturated rings. The fraction of sp³-hybridized carbons (Fsp3) is 0.341. The van der Waals surface area contributed by atoms with Crippen molar-refractivity contribution < 1.29 is 54.4 Å². The monoisotopic (exact) mass is 764 g/mol. The number of carbonyl (C=O) groups excluding carboxylic acids is 1. The zero-order chi connectivity index (χ0) is 49.1. The third-order valence-corrected chi connectivity index (χ3v) is 9.49. The normalized spacial score (nSPS) is 21.5. The minimum absolute atomic E-state index is 0.0629. The molecule has 1 amide bonds. The van der Waals surface area contributed by atoms with Crippen LogP contribution < -0.4 is 4.90 Å². The number of aliphatic hydroxyl groups is 1. The van der Waals surface area contributed by atoms with Crippen LogP contribution in [0.3, 0.4) is 0 Å². The molecule has 0 bridgehead atoms. The summed E-state index contributed by atoms with van der Waals surface area (Å²) in [5.74, 6) is -4.10. The summed E-state index contributed by atoms with van der Waals surface area (Å²) < 4.78 is 185. The van der Waals surface area contributed by atoms with Crippen molar-refractivity contribution in [3.8, 4) is 11.1 Å². The Kier molecular flexibility index (Phi) is 7.93. The van der Waals surface area contributed by atoms with Crippen molar-refractivity contribution in [1.29, 1.82) is 0 Å². The van der Waals surface area contributed by atoms with E-state index in [1.165, 1.54) is 48.2 Å². The number of benzene rings is 4. The summed E-state index contributed by atoms with van der Waals surface area (Å²) >= 11 is 0.0629. The Bertz CT molecular complexity index is 2510. The molecule has 2 aliphatic rings. The number of hydrogen-bond acceptors (Lipinski definition) is 6. The van der Waals surface area contributed by atoms with Gasteiger partial charge in [0, 0.05) is 67.2 Å². The van der Waals surface area contributed by atoms with Gasteiger partial charge >= 0.3 is 6.18 Å². The van der Waals surface area contributed by atoms with Crippen molar-refractivity contribution in [3.63, 3.8) is 0 Å². The number of anilines is 1. The Morgan fingerprint density at radius 2 is 1.75 bits per heavy atom. The summed E-state index contributed by atoms with van der Waals surface area (Å²) in [4.78, 5) is 18.1. The van der Waals surface area contributed by atoms with Crippen LogP contribution in [0.1, 0.15) is 64.6 Å². The SMILES string of the molecule is [2H]C1=C(SC([2H])([2H])c2cccc(F)c2F)N(CC(=O)N(C2CCN(C([2H])([2H])COC([2H])([2H])[2H])CC2)C([2H])([2H])c2ccc(-c3ccc(C(F)(F)F)cc3)cc2)c2c([2H])c([2H])c(C)c([2H])c2C1O. The zero-order valence-electron chi connectivity index (χ0n) is 41.2. The highest BCUT2D eigenvalue weighted by molar-refractivity contribution is 8.02. The zero-order valence-corrected chi connectivity index (χ0v) is 29.0. The summed E-state index contributed by atoms with van der Waals surface area (Å²) in [6.45, 7) is -6.04. The maximum absolute atomic E-state index is 15.1. The highest BCUT2D eigenvalue weighted by Crippen LogP contribution is 2.41. The molecule has 0 aliphatic carbocycles. The Labute approximate surface area is 329 Å². The van der Waals surface area contributed by atoms with Crippen molar-refractivity contribution in [2.75, 3.05) is 44.7 Å². The molecular formula is C41H42F5N3O3S. The first-order valence-corrected chi connectivity index (χ1v) is 17.2. The fourth-order valence-corrected chi connectivity index (χ4v) is 6.72. The molecule has 2 aliphatic heterocycles. The maximum Gasteiger partial charge on any atom is 0.416 e. The van der Waals surface area contributed by atoms with E-state index in [4.69, 9.17) is 19.8 Å². The summed E-state index contributed by atoms with van der Waals surface area (Å²) in [7, 11) is -2.91. The quantitative estimate of drug-likeness (QED) is 0.146. The van der Waals surface area contributed by atoms with Gasteiger partial charge in [-0.2, -0.15) is 13.2 Å². The predicted octanol–water partition coefficient (Wildman–Crippen LogP) is 8.73. The van der Waals surface area contributed by atoms with E-state index in [9.17, 15) is 25.4 Å². The highest BCUT2D eigenvalue weighted by Gasteiger charge is 2.33. The van der Waals surface area contributed by atoms with Crippen molar-refractivity contribution >= 4 is 23.4 Å². The van der Waals surface area contributed by atoms with Crippen LogP contribution in [0.15, 0.2) is 95.9 Å². The number of hydrogen-bond donors (Lipinski definition) is 1. The molecule has 4 aromatic carbocycles. The van der Waals surface area contributed by atoms with Gasteiger partial charge in [-0.1, -0.05) is 66.2 Å². The second-order valence-corrected chi connectivity index (χ2v) is 13.0. The van der Waals surface area contributed by atoms with Crippen LogP contribution in [0.4, 0.5) is 27.6 Å². The molecule has 1 N–H and O–H groups in total. The highest BCUT2D eigenvalue weighted by atomic mass is 32.2. The number of aliphatic hydroxyl groups excluding tert-OH is 1. The minimum atomic E-state index is -4.59. The fourth-order valence-electron chi connectivity index (χ4n) is 5.92. The molecule has 1 unspecified atom stereocenters. The van der Waals surface area contributed by atoms with Crippen LogP contribution in [0.25, 0.3) is 11.1 Å². The second-order valence-electron chi connectivity index (χ2n) is 12.2. The molecule has 4 aromatic rings. The molecular weight excluding hydrogens is 710 g/mol. The third kappa shape index (κ3) is 9.29. The molecule has 0 spiro atoms. The first-order valence-electron chi connectivity index (χ1n) is 22.9. The van der Waals surface area contributed by atoms with Crippen LogP contribution in [-0.2, 0) is 27.9 Å². The van der Waals surface area contributed by atoms with Gasteiger partial charge in [0.2, 0.25) is 5.91 Å². The van der Waals surface area contributed by atoms with Gasteiger partial charge in [0.05, 0.1) is 29.5 Å². The average Bonchev–Trinajstić information content (AvgIpc) is 3.24. The van der Waals surface area contributed by atoms with Gasteiger partial charge in [-0.3, -0.25) is 4.79 Å². The lowest BCUT2D eigenvalue weighted by molar-refractivity contribution is -0.137. The van der Waals surface area contributed by atoms with E-state index in [0.717, 1.165) is 40.1 Å². The number of carbonyl (C=O) groups is 1. The Morgan fingerprint density at radius 3 is 2.43 bits per heavy atom. The van der Waals surface area contributed by atoms with Gasteiger partial charge in [0.15, 0.2) is 11.6 Å². The molecule has 1 atom stereocenters. The van der Waals surface area contributed by atoms with Crippen molar-refractivity contribution in [1.82, 2.24) is 9.80 Å². The van der Waals surface area contributed by atoms with Crippen LogP contribution in [0.2, 0.25) is 0 Å². The van der Waals surface area contributed by atoms with E-state index in [1.807, 2.05) is 0 Å². The van der Waals surface area contributed by atoms with E-state index in [2.05, 4.69) is 0 Å². The number of halogens is 5. The second kappa shape index (κ2) is 16.8. The number of methoxy groups -OCH3 is 1. The van der Waals surface area contributed by atoms with Crippen LogP contribution in [0, 0.1) is 18.6 Å². The lowest BCUT2D eigenvalue weighted by Crippen LogP contribution is -2.50. The maximum atomic E-state index is 15.1. The van der Waals surface area contributed by atoms with Gasteiger partial charge in [-0.25, -0.2) is 8.78 Å². The van der Waals surface area contributed by atoms with Crippen LogP contribution in [-0.4, -0.2) is 66.6 Å². The number of fused-ring (bicyclic) bond motifs is 1. The van der Waals surface area contributed by atoms with Gasteiger partial charge in [-0.15, -0.1) is 11.8 Å². The first-order chi connectivity index (χ1) is 30.5. The van der Waals surface area contributed by atoms with E-state index >= 15 is 9.18 Å². The summed E-state index contributed by atoms with van der Waals surface area (Å²) in [6.07, 6.45) is -6.89. The number of ether oxygens (including phenoxy) is 1. The number of thioether (sulfide) groups is 1. The number of likely N-dealkylation sites (tertiary alicyclic amines) is 1. The number of amides is 1. The van der Waals surface area contributed by atoms with E-state index in [1.54, 1.807) is 0 Å². The summed E-state index contributed by atoms with van der Waals surface area (Å²) in [5.41, 5.74) is -5.06. The molecule has 6 rings (SSSR count). The predicted molar refractivity (Wildman–Crippen MR) is 198 cm³/mol. The lowest BCUT2D eigenvalue weighted by atomic mass is 9.99. The molecule has 53 heavy (non-hydrogen) atoms. The molecule has 1 saturated heterocycles. The molecule has 280 valence electrons. The molecule has 12 heteroatoms. The van der Waals surface area contributed by atoms with E-state index in [-0.39, 0.29) is 48.8 Å². The molecule has 2 heterocycles. The molecule has 6 nitrogen and oxygen atoms in total. The molecule has 0 aromatic heterocycles. The largest absolute Gasteiger partial charge is 0.416 e. The topological polar surface area (TPSA) is 56.3 Å². The van der Waals surface area contributed by atoms with E-state index in [0.29, 0.717) is 11.1 Å². The smallest absolute Gasteiger partial charge is 0.384 e. The number of alkyl halides is 3. The van der Waals surface area contributed by atoms with Gasteiger partial charge in [-0.05, 0) is 66.7 Å². The summed E-state index contributed by atoms with van der Waals surface area (Å²) in [6, 6.07) is 8.76. The van der Waals surface area contributed by atoms with Crippen molar-refractivity contribution in [2.24, 2.45) is 0 Å².